The molecule has 106 valence electrons. The van der Waals surface area contributed by atoms with Gasteiger partial charge in [0, 0.05) is 6.61 Å². The van der Waals surface area contributed by atoms with Crippen molar-refractivity contribution in [3.05, 3.63) is 22.6 Å². The van der Waals surface area contributed by atoms with Gasteiger partial charge in [0.2, 0.25) is 0 Å². The van der Waals surface area contributed by atoms with Crippen molar-refractivity contribution in [2.45, 2.75) is 31.3 Å². The van der Waals surface area contributed by atoms with E-state index in [0.29, 0.717) is 24.2 Å². The lowest BCUT2D eigenvalue weighted by Gasteiger charge is -2.37. The van der Waals surface area contributed by atoms with Gasteiger partial charge >= 0.3 is 5.97 Å². The molecule has 0 aromatic carbocycles. The summed E-state index contributed by atoms with van der Waals surface area (Å²) in [5.74, 6) is 0.598. The number of carbonyl (C=O) groups excluding carboxylic acids is 1. The first-order valence-corrected chi connectivity index (χ1v) is 7.07. The fourth-order valence-electron chi connectivity index (χ4n) is 2.26. The number of ether oxygens (including phenoxy) is 2. The number of nitrogens with one attached hydrogen (secondary N) is 1. The molecule has 0 saturated carbocycles. The zero-order valence-corrected chi connectivity index (χ0v) is 12.5. The Kier molecular flexibility index (Phi) is 5.01. The Labute approximate surface area is 120 Å². The number of methoxy groups -OCH3 is 1. The van der Waals surface area contributed by atoms with Gasteiger partial charge in [0.15, 0.2) is 4.67 Å². The molecule has 1 aliphatic heterocycles. The van der Waals surface area contributed by atoms with E-state index in [9.17, 15) is 4.79 Å². The van der Waals surface area contributed by atoms with Crippen molar-refractivity contribution in [1.82, 2.24) is 5.32 Å². The molecule has 6 heteroatoms. The zero-order valence-electron chi connectivity index (χ0n) is 10.9. The summed E-state index contributed by atoms with van der Waals surface area (Å²) in [5, 5.41) is 3.39. The monoisotopic (exact) mass is 331 g/mol. The maximum absolute atomic E-state index is 11.6. The smallest absolute Gasteiger partial charge is 0.307 e. The summed E-state index contributed by atoms with van der Waals surface area (Å²) >= 11 is 3.27. The van der Waals surface area contributed by atoms with Crippen LogP contribution in [0.4, 0.5) is 0 Å². The predicted octanol–water partition coefficient (Wildman–Crippen LogP) is 2.24. The van der Waals surface area contributed by atoms with Gasteiger partial charge in [-0.15, -0.1) is 0 Å². The van der Waals surface area contributed by atoms with Gasteiger partial charge in [0.05, 0.1) is 32.2 Å². The van der Waals surface area contributed by atoms with Gasteiger partial charge in [-0.05, 0) is 40.9 Å². The molecule has 1 N–H and O–H groups in total. The number of hydrogen-bond acceptors (Lipinski definition) is 5. The molecular formula is C13H18BrNO4. The van der Waals surface area contributed by atoms with E-state index in [0.717, 1.165) is 25.2 Å². The second-order valence-corrected chi connectivity index (χ2v) is 5.53. The van der Waals surface area contributed by atoms with Crippen molar-refractivity contribution in [1.29, 1.82) is 0 Å². The summed E-state index contributed by atoms with van der Waals surface area (Å²) in [6.07, 6.45) is 2.14. The van der Waals surface area contributed by atoms with Gasteiger partial charge in [-0.3, -0.25) is 4.79 Å². The van der Waals surface area contributed by atoms with E-state index in [4.69, 9.17) is 13.9 Å². The Balaban J connectivity index is 1.98. The van der Waals surface area contributed by atoms with Crippen LogP contribution in [-0.2, 0) is 20.8 Å². The van der Waals surface area contributed by atoms with Crippen LogP contribution in [0.15, 0.2) is 21.2 Å². The summed E-state index contributed by atoms with van der Waals surface area (Å²) in [4.78, 5) is 11.6. The molecule has 0 aliphatic carbocycles. The highest BCUT2D eigenvalue weighted by atomic mass is 79.9. The molecule has 1 aromatic rings. The van der Waals surface area contributed by atoms with E-state index in [2.05, 4.69) is 21.2 Å². The molecule has 1 aliphatic rings. The third kappa shape index (κ3) is 4.06. The predicted molar refractivity (Wildman–Crippen MR) is 72.7 cm³/mol. The Morgan fingerprint density at radius 2 is 2.42 bits per heavy atom. The molecule has 1 saturated heterocycles. The molecule has 2 rings (SSSR count). The largest absolute Gasteiger partial charge is 0.469 e. The first-order chi connectivity index (χ1) is 9.13. The van der Waals surface area contributed by atoms with Crippen molar-refractivity contribution >= 4 is 21.9 Å². The normalized spacial score (nSPS) is 23.3. The van der Waals surface area contributed by atoms with E-state index in [1.54, 1.807) is 0 Å². The minimum atomic E-state index is -0.357. The molecule has 1 atom stereocenters. The third-order valence-corrected chi connectivity index (χ3v) is 3.73. The highest BCUT2D eigenvalue weighted by molar-refractivity contribution is 9.10. The van der Waals surface area contributed by atoms with Crippen molar-refractivity contribution in [2.75, 3.05) is 20.3 Å². The maximum Gasteiger partial charge on any atom is 0.307 e. The fourth-order valence-corrected chi connectivity index (χ4v) is 2.60. The average Bonchev–Trinajstić information content (AvgIpc) is 2.83. The van der Waals surface area contributed by atoms with Crippen LogP contribution in [0.2, 0.25) is 0 Å². The van der Waals surface area contributed by atoms with E-state index in [1.165, 1.54) is 7.11 Å². The van der Waals surface area contributed by atoms with Crippen LogP contribution in [0.3, 0.4) is 0 Å². The van der Waals surface area contributed by atoms with Crippen LogP contribution in [-0.4, -0.2) is 31.8 Å². The molecular weight excluding hydrogens is 314 g/mol. The van der Waals surface area contributed by atoms with Gasteiger partial charge in [-0.25, -0.2) is 0 Å². The Morgan fingerprint density at radius 3 is 3.00 bits per heavy atom. The summed E-state index contributed by atoms with van der Waals surface area (Å²) in [6, 6.07) is 3.74. The van der Waals surface area contributed by atoms with Crippen molar-refractivity contribution in [2.24, 2.45) is 0 Å². The second kappa shape index (κ2) is 6.54. The Morgan fingerprint density at radius 1 is 1.58 bits per heavy atom. The van der Waals surface area contributed by atoms with E-state index < -0.39 is 0 Å². The summed E-state index contributed by atoms with van der Waals surface area (Å²) in [5.41, 5.74) is -0.357. The molecule has 1 aromatic heterocycles. The topological polar surface area (TPSA) is 60.7 Å². The highest BCUT2D eigenvalue weighted by Crippen LogP contribution is 2.24. The standard InChI is InChI=1S/C13H18BrNO4/c1-17-12(16)7-13(5-2-6-18-9-13)15-8-10-3-4-11(14)19-10/h3-4,15H,2,5-9H2,1H3/t13-/m0/s1. The van der Waals surface area contributed by atoms with Crippen molar-refractivity contribution in [3.63, 3.8) is 0 Å². The number of halogens is 1. The van der Waals surface area contributed by atoms with Gasteiger partial charge in [0.25, 0.3) is 0 Å². The van der Waals surface area contributed by atoms with Gasteiger partial charge in [-0.1, -0.05) is 0 Å². The number of rotatable bonds is 5. The second-order valence-electron chi connectivity index (χ2n) is 4.75. The Bertz CT molecular complexity index is 426. The molecule has 0 unspecified atom stereocenters. The van der Waals surface area contributed by atoms with Crippen LogP contribution in [0.25, 0.3) is 0 Å². The molecule has 0 spiro atoms. The summed E-state index contributed by atoms with van der Waals surface area (Å²) in [7, 11) is 1.41. The molecule has 0 bridgehead atoms. The van der Waals surface area contributed by atoms with Crippen LogP contribution >= 0.6 is 15.9 Å². The van der Waals surface area contributed by atoms with Gasteiger partial charge in [0.1, 0.15) is 5.76 Å². The number of carbonyl (C=O) groups is 1. The molecule has 5 nitrogen and oxygen atoms in total. The molecule has 0 amide bonds. The minimum Gasteiger partial charge on any atom is -0.469 e. The summed E-state index contributed by atoms with van der Waals surface area (Å²) in [6.45, 7) is 1.83. The molecule has 0 radical (unpaired) electrons. The third-order valence-electron chi connectivity index (χ3n) is 3.30. The van der Waals surface area contributed by atoms with Crippen LogP contribution in [0.5, 0.6) is 0 Å². The van der Waals surface area contributed by atoms with Crippen LogP contribution < -0.4 is 5.32 Å². The number of furan rings is 1. The van der Waals surface area contributed by atoms with E-state index in [-0.39, 0.29) is 11.5 Å². The quantitative estimate of drug-likeness (QED) is 0.838. The average molecular weight is 332 g/mol. The number of hydrogen-bond donors (Lipinski definition) is 1. The first kappa shape index (κ1) is 14.6. The lowest BCUT2D eigenvalue weighted by molar-refractivity contribution is -0.144. The first-order valence-electron chi connectivity index (χ1n) is 6.27. The maximum atomic E-state index is 11.6. The SMILES string of the molecule is COC(=O)C[C@@]1(NCc2ccc(Br)o2)CCCOC1. The van der Waals surface area contributed by atoms with Crippen molar-refractivity contribution in [3.8, 4) is 0 Å². The highest BCUT2D eigenvalue weighted by Gasteiger charge is 2.35. The van der Waals surface area contributed by atoms with Crippen molar-refractivity contribution < 1.29 is 18.7 Å². The van der Waals surface area contributed by atoms with Gasteiger partial charge < -0.3 is 19.2 Å². The lowest BCUT2D eigenvalue weighted by atomic mass is 9.88. The van der Waals surface area contributed by atoms with Crippen LogP contribution in [0.1, 0.15) is 25.0 Å². The minimum absolute atomic E-state index is 0.223. The molecule has 2 heterocycles. The van der Waals surface area contributed by atoms with Gasteiger partial charge in [-0.2, -0.15) is 0 Å². The Hall–Kier alpha value is -0.850. The van der Waals surface area contributed by atoms with E-state index in [1.807, 2.05) is 12.1 Å². The van der Waals surface area contributed by atoms with Crippen LogP contribution in [0, 0.1) is 0 Å². The molecule has 1 fully saturated rings. The van der Waals surface area contributed by atoms with E-state index >= 15 is 0 Å². The summed E-state index contributed by atoms with van der Waals surface area (Å²) < 4.78 is 16.4. The zero-order chi connectivity index (χ0) is 13.7. The molecule has 19 heavy (non-hydrogen) atoms. The fraction of sp³-hybridized carbons (Fsp3) is 0.615. The lowest BCUT2D eigenvalue weighted by Crippen LogP contribution is -2.52. The number of esters is 1.